The molecule has 2 unspecified atom stereocenters. The first-order valence-corrected chi connectivity index (χ1v) is 6.37. The van der Waals surface area contributed by atoms with Crippen LogP contribution in [0, 0.1) is 5.92 Å². The summed E-state index contributed by atoms with van der Waals surface area (Å²) in [4.78, 5) is 18.4. The molecule has 5 heteroatoms. The Morgan fingerprint density at radius 1 is 1.29 bits per heavy atom. The molecule has 5 nitrogen and oxygen atoms in total. The Bertz CT molecular complexity index is 285. The molecule has 0 aromatic rings. The van der Waals surface area contributed by atoms with Crippen molar-refractivity contribution in [1.29, 1.82) is 0 Å². The van der Waals surface area contributed by atoms with Crippen molar-refractivity contribution in [3.05, 3.63) is 0 Å². The lowest BCUT2D eigenvalue weighted by Gasteiger charge is -2.39. The van der Waals surface area contributed by atoms with E-state index in [0.717, 1.165) is 32.7 Å². The largest absolute Gasteiger partial charge is 0.396 e. The SMILES string of the molecule is CN1CCN(C)C(CN2CC(CO)CC2=O)C1. The van der Waals surface area contributed by atoms with Crippen LogP contribution < -0.4 is 0 Å². The van der Waals surface area contributed by atoms with Crippen molar-refractivity contribution in [1.82, 2.24) is 14.7 Å². The zero-order valence-electron chi connectivity index (χ0n) is 10.8. The third-order valence-electron chi connectivity index (χ3n) is 3.96. The van der Waals surface area contributed by atoms with Gasteiger partial charge in [-0.05, 0) is 14.1 Å². The minimum atomic E-state index is 0.128. The van der Waals surface area contributed by atoms with Gasteiger partial charge >= 0.3 is 0 Å². The number of hydrogen-bond acceptors (Lipinski definition) is 4. The Morgan fingerprint density at radius 3 is 2.71 bits per heavy atom. The molecule has 2 heterocycles. The molecule has 0 radical (unpaired) electrons. The van der Waals surface area contributed by atoms with Gasteiger partial charge in [-0.3, -0.25) is 9.69 Å². The summed E-state index contributed by atoms with van der Waals surface area (Å²) >= 11 is 0. The highest BCUT2D eigenvalue weighted by Gasteiger charge is 2.32. The first-order chi connectivity index (χ1) is 8.10. The molecule has 2 aliphatic heterocycles. The van der Waals surface area contributed by atoms with Crippen molar-refractivity contribution in [2.24, 2.45) is 5.92 Å². The summed E-state index contributed by atoms with van der Waals surface area (Å²) in [5.41, 5.74) is 0. The fourth-order valence-corrected chi connectivity index (χ4v) is 2.71. The number of hydrogen-bond donors (Lipinski definition) is 1. The van der Waals surface area contributed by atoms with Crippen molar-refractivity contribution in [2.45, 2.75) is 12.5 Å². The van der Waals surface area contributed by atoms with Gasteiger partial charge in [-0.15, -0.1) is 0 Å². The minimum absolute atomic E-state index is 0.128. The molecular formula is C12H23N3O2. The van der Waals surface area contributed by atoms with Crippen molar-refractivity contribution >= 4 is 5.91 Å². The lowest BCUT2D eigenvalue weighted by Crippen LogP contribution is -2.54. The van der Waals surface area contributed by atoms with Crippen molar-refractivity contribution in [2.75, 3.05) is 53.4 Å². The van der Waals surface area contributed by atoms with Crippen LogP contribution >= 0.6 is 0 Å². The van der Waals surface area contributed by atoms with E-state index < -0.39 is 0 Å². The van der Waals surface area contributed by atoms with Gasteiger partial charge in [-0.25, -0.2) is 0 Å². The van der Waals surface area contributed by atoms with Crippen molar-refractivity contribution in [3.63, 3.8) is 0 Å². The van der Waals surface area contributed by atoms with Gasteiger partial charge in [0.25, 0.3) is 0 Å². The number of amides is 1. The number of aliphatic hydroxyl groups excluding tert-OH is 1. The Balaban J connectivity index is 1.89. The first kappa shape index (κ1) is 12.8. The lowest BCUT2D eigenvalue weighted by molar-refractivity contribution is -0.128. The Morgan fingerprint density at radius 2 is 2.06 bits per heavy atom. The molecule has 0 bridgehead atoms. The second-order valence-corrected chi connectivity index (χ2v) is 5.45. The van der Waals surface area contributed by atoms with Crippen LogP contribution in [-0.4, -0.2) is 85.2 Å². The molecular weight excluding hydrogens is 218 g/mol. The van der Waals surface area contributed by atoms with Crippen LogP contribution in [0.4, 0.5) is 0 Å². The number of aliphatic hydroxyl groups is 1. The fourth-order valence-electron chi connectivity index (χ4n) is 2.71. The summed E-state index contributed by atoms with van der Waals surface area (Å²) in [7, 11) is 4.25. The van der Waals surface area contributed by atoms with Crippen LogP contribution in [-0.2, 0) is 4.79 Å². The van der Waals surface area contributed by atoms with Crippen molar-refractivity contribution in [3.8, 4) is 0 Å². The summed E-state index contributed by atoms with van der Waals surface area (Å²) in [5.74, 6) is 0.347. The second kappa shape index (κ2) is 5.33. The predicted octanol–water partition coefficient (Wildman–Crippen LogP) is -0.927. The number of likely N-dealkylation sites (tertiary alicyclic amines) is 1. The van der Waals surface area contributed by atoms with Gasteiger partial charge in [0.05, 0.1) is 0 Å². The average molecular weight is 241 g/mol. The Hall–Kier alpha value is -0.650. The van der Waals surface area contributed by atoms with Crippen LogP contribution in [0.3, 0.4) is 0 Å². The molecule has 0 aliphatic carbocycles. The normalized spacial score (nSPS) is 32.4. The van der Waals surface area contributed by atoms with Crippen LogP contribution in [0.25, 0.3) is 0 Å². The van der Waals surface area contributed by atoms with E-state index in [2.05, 4.69) is 23.9 Å². The highest BCUT2D eigenvalue weighted by atomic mass is 16.3. The molecule has 2 aliphatic rings. The number of carbonyl (C=O) groups is 1. The molecule has 1 N–H and O–H groups in total. The maximum atomic E-state index is 11.8. The topological polar surface area (TPSA) is 47.0 Å². The molecule has 0 saturated carbocycles. The lowest BCUT2D eigenvalue weighted by atomic mass is 10.1. The van der Waals surface area contributed by atoms with Crippen LogP contribution in [0.15, 0.2) is 0 Å². The Labute approximate surface area is 103 Å². The predicted molar refractivity (Wildman–Crippen MR) is 65.7 cm³/mol. The van der Waals surface area contributed by atoms with Gasteiger partial charge in [0.2, 0.25) is 5.91 Å². The summed E-state index contributed by atoms with van der Waals surface area (Å²) in [6, 6.07) is 0.426. The monoisotopic (exact) mass is 241 g/mol. The molecule has 1 amide bonds. The van der Waals surface area contributed by atoms with Crippen molar-refractivity contribution < 1.29 is 9.90 Å². The van der Waals surface area contributed by atoms with E-state index in [1.807, 2.05) is 4.90 Å². The van der Waals surface area contributed by atoms with Gasteiger partial charge < -0.3 is 14.9 Å². The van der Waals surface area contributed by atoms with Gasteiger partial charge in [0.1, 0.15) is 0 Å². The number of nitrogens with zero attached hydrogens (tertiary/aromatic N) is 3. The van der Waals surface area contributed by atoms with E-state index in [0.29, 0.717) is 12.5 Å². The number of likely N-dealkylation sites (N-methyl/N-ethyl adjacent to an activating group) is 2. The molecule has 0 aromatic carbocycles. The first-order valence-electron chi connectivity index (χ1n) is 6.37. The summed E-state index contributed by atoms with van der Waals surface area (Å²) in [6.07, 6.45) is 0.517. The van der Waals surface area contributed by atoms with E-state index in [9.17, 15) is 4.79 Å². The van der Waals surface area contributed by atoms with E-state index >= 15 is 0 Å². The third-order valence-corrected chi connectivity index (χ3v) is 3.96. The zero-order chi connectivity index (χ0) is 12.4. The number of carbonyl (C=O) groups excluding carboxylic acids is 1. The van der Waals surface area contributed by atoms with Gasteiger partial charge in [-0.2, -0.15) is 0 Å². The number of piperazine rings is 1. The molecule has 98 valence electrons. The van der Waals surface area contributed by atoms with E-state index in [1.54, 1.807) is 0 Å². The summed E-state index contributed by atoms with van der Waals surface area (Å²) < 4.78 is 0. The highest BCUT2D eigenvalue weighted by Crippen LogP contribution is 2.19. The molecule has 2 saturated heterocycles. The zero-order valence-corrected chi connectivity index (χ0v) is 10.8. The number of rotatable bonds is 3. The van der Waals surface area contributed by atoms with Gasteiger partial charge in [0, 0.05) is 57.7 Å². The van der Waals surface area contributed by atoms with E-state index in [4.69, 9.17) is 5.11 Å². The summed E-state index contributed by atoms with van der Waals surface area (Å²) in [6.45, 7) is 4.83. The highest BCUT2D eigenvalue weighted by molar-refractivity contribution is 5.78. The smallest absolute Gasteiger partial charge is 0.223 e. The molecule has 2 rings (SSSR count). The maximum Gasteiger partial charge on any atom is 0.223 e. The van der Waals surface area contributed by atoms with Gasteiger partial charge in [0.15, 0.2) is 0 Å². The Kier molecular flexibility index (Phi) is 4.01. The maximum absolute atomic E-state index is 11.8. The van der Waals surface area contributed by atoms with Crippen LogP contribution in [0.2, 0.25) is 0 Å². The van der Waals surface area contributed by atoms with Gasteiger partial charge in [-0.1, -0.05) is 0 Å². The molecule has 2 fully saturated rings. The van der Waals surface area contributed by atoms with E-state index in [-0.39, 0.29) is 18.4 Å². The molecule has 2 atom stereocenters. The molecule has 0 aromatic heterocycles. The fraction of sp³-hybridized carbons (Fsp3) is 0.917. The van der Waals surface area contributed by atoms with E-state index in [1.165, 1.54) is 0 Å². The molecule has 17 heavy (non-hydrogen) atoms. The molecule has 0 spiro atoms. The second-order valence-electron chi connectivity index (χ2n) is 5.45. The van der Waals surface area contributed by atoms with Crippen LogP contribution in [0.5, 0.6) is 0 Å². The standard InChI is InChI=1S/C12H23N3O2/c1-13-3-4-14(2)11(7-13)8-15-6-10(9-16)5-12(15)17/h10-11,16H,3-9H2,1-2H3. The third kappa shape index (κ3) is 2.97. The van der Waals surface area contributed by atoms with Crippen LogP contribution in [0.1, 0.15) is 6.42 Å². The average Bonchev–Trinajstić information content (AvgIpc) is 2.65. The quantitative estimate of drug-likeness (QED) is 0.694. The minimum Gasteiger partial charge on any atom is -0.396 e. The summed E-state index contributed by atoms with van der Waals surface area (Å²) in [5, 5.41) is 9.10.